The molecule has 3 nitrogen and oxygen atoms in total. The number of rotatable bonds is 2. The van der Waals surface area contributed by atoms with Crippen LogP contribution in [0.1, 0.15) is 5.69 Å². The lowest BCUT2D eigenvalue weighted by Gasteiger charge is -1.99. The average Bonchev–Trinajstić information content (AvgIpc) is 2.02. The topological polar surface area (TPSA) is 39.2 Å². The van der Waals surface area contributed by atoms with Gasteiger partial charge in [0.2, 0.25) is 0 Å². The van der Waals surface area contributed by atoms with E-state index in [1.807, 2.05) is 22.6 Å². The highest BCUT2D eigenvalue weighted by Gasteiger charge is 2.06. The number of pyridine rings is 1. The lowest BCUT2D eigenvalue weighted by molar-refractivity contribution is -0.139. The predicted octanol–water partition coefficient (Wildman–Crippen LogP) is 1.54. The lowest BCUT2D eigenvalue weighted by Crippen LogP contribution is -2.07. The van der Waals surface area contributed by atoms with Crippen LogP contribution in [0.3, 0.4) is 0 Å². The Morgan fingerprint density at radius 1 is 1.69 bits per heavy atom. The highest BCUT2D eigenvalue weighted by Crippen LogP contribution is 2.07. The number of carbonyl (C=O) groups excluding carboxylic acids is 1. The zero-order chi connectivity index (χ0) is 9.84. The van der Waals surface area contributed by atoms with E-state index < -0.39 is 11.8 Å². The predicted molar refractivity (Wildman–Crippen MR) is 52.6 cm³/mol. The Labute approximate surface area is 88.4 Å². The second-order valence-electron chi connectivity index (χ2n) is 2.35. The van der Waals surface area contributed by atoms with Crippen LogP contribution in [0.15, 0.2) is 12.1 Å². The fourth-order valence-corrected chi connectivity index (χ4v) is 1.43. The van der Waals surface area contributed by atoms with Gasteiger partial charge in [-0.2, -0.15) is 0 Å². The first-order valence-electron chi connectivity index (χ1n) is 3.50. The minimum atomic E-state index is -0.422. The summed E-state index contributed by atoms with van der Waals surface area (Å²) in [6, 6.07) is 2.51. The molecule has 70 valence electrons. The van der Waals surface area contributed by atoms with E-state index in [0.29, 0.717) is 9.39 Å². The van der Waals surface area contributed by atoms with Crippen molar-refractivity contribution in [3.63, 3.8) is 0 Å². The number of methoxy groups -OCH3 is 1. The summed E-state index contributed by atoms with van der Waals surface area (Å²) in [6.07, 6.45) is 0.00423. The van der Waals surface area contributed by atoms with E-state index >= 15 is 0 Å². The van der Waals surface area contributed by atoms with Crippen molar-refractivity contribution < 1.29 is 13.9 Å². The first-order chi connectivity index (χ1) is 6.11. The molecule has 5 heteroatoms. The van der Waals surface area contributed by atoms with Gasteiger partial charge in [0, 0.05) is 6.07 Å². The third kappa shape index (κ3) is 3.25. The van der Waals surface area contributed by atoms with Crippen LogP contribution in [0, 0.1) is 9.52 Å². The third-order valence-electron chi connectivity index (χ3n) is 1.37. The number of halogens is 2. The number of esters is 1. The van der Waals surface area contributed by atoms with E-state index in [0.717, 1.165) is 0 Å². The van der Waals surface area contributed by atoms with Crippen molar-refractivity contribution in [2.24, 2.45) is 0 Å². The molecule has 0 aromatic carbocycles. The summed E-state index contributed by atoms with van der Waals surface area (Å²) in [7, 11) is 1.28. The zero-order valence-electron chi connectivity index (χ0n) is 6.88. The molecule has 0 unspecified atom stereocenters. The van der Waals surface area contributed by atoms with Crippen LogP contribution >= 0.6 is 22.6 Å². The maximum atomic E-state index is 12.8. The number of ether oxygens (including phenoxy) is 1. The highest BCUT2D eigenvalue weighted by molar-refractivity contribution is 14.1. The van der Waals surface area contributed by atoms with Crippen LogP contribution < -0.4 is 0 Å². The number of nitrogens with zero attached hydrogens (tertiary/aromatic N) is 1. The fourth-order valence-electron chi connectivity index (χ4n) is 0.827. The van der Waals surface area contributed by atoms with E-state index in [9.17, 15) is 9.18 Å². The second-order valence-corrected chi connectivity index (χ2v) is 3.46. The molecule has 0 saturated heterocycles. The summed E-state index contributed by atoms with van der Waals surface area (Å²) in [5.74, 6) is -0.813. The molecular formula is C8H7FINO2. The van der Waals surface area contributed by atoms with Crippen LogP contribution in [0.4, 0.5) is 4.39 Å². The van der Waals surface area contributed by atoms with Crippen LogP contribution in [0.25, 0.3) is 0 Å². The third-order valence-corrected chi connectivity index (χ3v) is 1.92. The van der Waals surface area contributed by atoms with Crippen LogP contribution in [-0.4, -0.2) is 18.1 Å². The van der Waals surface area contributed by atoms with Gasteiger partial charge in [-0.05, 0) is 28.7 Å². The van der Waals surface area contributed by atoms with E-state index in [-0.39, 0.29) is 6.42 Å². The van der Waals surface area contributed by atoms with Crippen LogP contribution in [-0.2, 0) is 16.0 Å². The molecule has 0 aliphatic rings. The van der Waals surface area contributed by atoms with Gasteiger partial charge < -0.3 is 4.74 Å². The average molecular weight is 295 g/mol. The molecule has 0 aliphatic carbocycles. The Morgan fingerprint density at radius 3 is 2.92 bits per heavy atom. The van der Waals surface area contributed by atoms with Crippen molar-refractivity contribution in [3.8, 4) is 0 Å². The van der Waals surface area contributed by atoms with Gasteiger partial charge in [0.1, 0.15) is 9.52 Å². The molecular weight excluding hydrogens is 288 g/mol. The zero-order valence-corrected chi connectivity index (χ0v) is 9.04. The Hall–Kier alpha value is -0.720. The van der Waals surface area contributed by atoms with Gasteiger partial charge in [-0.3, -0.25) is 4.79 Å². The van der Waals surface area contributed by atoms with E-state index in [4.69, 9.17) is 0 Å². The quantitative estimate of drug-likeness (QED) is 0.472. The van der Waals surface area contributed by atoms with Gasteiger partial charge in [0.25, 0.3) is 0 Å². The molecule has 1 rings (SSSR count). The molecule has 1 aromatic heterocycles. The van der Waals surface area contributed by atoms with Gasteiger partial charge in [-0.15, -0.1) is 0 Å². The van der Waals surface area contributed by atoms with Crippen LogP contribution in [0.5, 0.6) is 0 Å². The SMILES string of the molecule is COC(=O)Cc1cc(F)cc(I)n1. The van der Waals surface area contributed by atoms with Crippen molar-refractivity contribution in [3.05, 3.63) is 27.3 Å². The van der Waals surface area contributed by atoms with E-state index in [1.165, 1.54) is 19.2 Å². The van der Waals surface area contributed by atoms with Gasteiger partial charge >= 0.3 is 5.97 Å². The molecule has 1 heterocycles. The summed E-state index contributed by atoms with van der Waals surface area (Å²) < 4.78 is 17.7. The maximum Gasteiger partial charge on any atom is 0.311 e. The first kappa shape index (κ1) is 10.4. The Bertz CT molecular complexity index is 310. The molecule has 1 aromatic rings. The Balaban J connectivity index is 2.83. The summed E-state index contributed by atoms with van der Waals surface area (Å²) in [6.45, 7) is 0. The summed E-state index contributed by atoms with van der Waals surface area (Å²) >= 11 is 1.89. The normalized spacial score (nSPS) is 9.77. The minimum absolute atomic E-state index is 0.00423. The number of hydrogen-bond donors (Lipinski definition) is 0. The molecule has 0 aliphatic heterocycles. The molecule has 0 fully saturated rings. The van der Waals surface area contributed by atoms with Gasteiger partial charge in [-0.1, -0.05) is 0 Å². The van der Waals surface area contributed by atoms with Crippen molar-refractivity contribution in [2.45, 2.75) is 6.42 Å². The van der Waals surface area contributed by atoms with Crippen molar-refractivity contribution >= 4 is 28.6 Å². The van der Waals surface area contributed by atoms with Gasteiger partial charge in [0.15, 0.2) is 0 Å². The second kappa shape index (κ2) is 4.50. The van der Waals surface area contributed by atoms with Gasteiger partial charge in [-0.25, -0.2) is 9.37 Å². The van der Waals surface area contributed by atoms with Crippen LogP contribution in [0.2, 0.25) is 0 Å². The molecule has 0 amide bonds. The Kier molecular flexibility index (Phi) is 3.58. The molecule has 0 atom stereocenters. The van der Waals surface area contributed by atoms with Gasteiger partial charge in [0.05, 0.1) is 19.2 Å². The van der Waals surface area contributed by atoms with E-state index in [1.54, 1.807) is 0 Å². The summed E-state index contributed by atoms with van der Waals surface area (Å²) in [5.41, 5.74) is 0.385. The minimum Gasteiger partial charge on any atom is -0.469 e. The molecule has 0 bridgehead atoms. The van der Waals surface area contributed by atoms with Crippen molar-refractivity contribution in [1.82, 2.24) is 4.98 Å². The molecule has 0 radical (unpaired) electrons. The fraction of sp³-hybridized carbons (Fsp3) is 0.250. The molecule has 0 saturated carbocycles. The standard InChI is InChI=1S/C8H7FINO2/c1-13-8(12)4-6-2-5(9)3-7(10)11-6/h2-3H,4H2,1H3. The largest absolute Gasteiger partial charge is 0.469 e. The summed E-state index contributed by atoms with van der Waals surface area (Å²) in [4.78, 5) is 14.8. The van der Waals surface area contributed by atoms with Crippen molar-refractivity contribution in [1.29, 1.82) is 0 Å². The van der Waals surface area contributed by atoms with E-state index in [2.05, 4.69) is 9.72 Å². The first-order valence-corrected chi connectivity index (χ1v) is 4.58. The number of aromatic nitrogens is 1. The lowest BCUT2D eigenvalue weighted by atomic mass is 10.3. The highest BCUT2D eigenvalue weighted by atomic mass is 127. The molecule has 13 heavy (non-hydrogen) atoms. The number of hydrogen-bond acceptors (Lipinski definition) is 3. The number of carbonyl (C=O) groups is 1. The maximum absolute atomic E-state index is 12.8. The Morgan fingerprint density at radius 2 is 2.38 bits per heavy atom. The monoisotopic (exact) mass is 295 g/mol. The summed E-state index contributed by atoms with van der Waals surface area (Å²) in [5, 5.41) is 0. The molecule has 0 N–H and O–H groups in total. The molecule has 0 spiro atoms. The smallest absolute Gasteiger partial charge is 0.311 e. The van der Waals surface area contributed by atoms with Crippen molar-refractivity contribution in [2.75, 3.05) is 7.11 Å².